The first kappa shape index (κ1) is 8.81. The van der Waals surface area contributed by atoms with Gasteiger partial charge in [0.1, 0.15) is 0 Å². The van der Waals surface area contributed by atoms with Crippen LogP contribution in [-0.2, 0) is 11.2 Å². The van der Waals surface area contributed by atoms with Gasteiger partial charge in [0.15, 0.2) is 0 Å². The zero-order valence-electron chi connectivity index (χ0n) is 8.00. The molecule has 1 aromatic carbocycles. The number of nitrogens with one attached hydrogen (secondary N) is 2. The van der Waals surface area contributed by atoms with Crippen LogP contribution < -0.4 is 5.32 Å². The molecule has 1 aromatic heterocycles. The topological polar surface area (TPSA) is 44.9 Å². The third kappa shape index (κ3) is 1.48. The van der Waals surface area contributed by atoms with Crippen LogP contribution in [0.25, 0.3) is 10.9 Å². The summed E-state index contributed by atoms with van der Waals surface area (Å²) < 4.78 is 0. The molecular weight excluding hydrogens is 176 g/mol. The number of fused-ring (bicyclic) bond motifs is 1. The maximum absolute atomic E-state index is 11.2. The molecular formula is C11H12N2O. The van der Waals surface area contributed by atoms with E-state index in [4.69, 9.17) is 0 Å². The van der Waals surface area contributed by atoms with Crippen LogP contribution >= 0.6 is 0 Å². The molecule has 0 spiro atoms. The van der Waals surface area contributed by atoms with E-state index in [0.717, 1.165) is 16.5 Å². The van der Waals surface area contributed by atoms with E-state index in [0.29, 0.717) is 6.42 Å². The number of para-hydroxylation sites is 1. The third-order valence-electron chi connectivity index (χ3n) is 2.30. The summed E-state index contributed by atoms with van der Waals surface area (Å²) in [6.07, 6.45) is 2.32. The van der Waals surface area contributed by atoms with Crippen molar-refractivity contribution in [1.29, 1.82) is 0 Å². The summed E-state index contributed by atoms with van der Waals surface area (Å²) in [5.74, 6) is 0.0368. The predicted molar refractivity (Wildman–Crippen MR) is 56.1 cm³/mol. The fourth-order valence-corrected chi connectivity index (χ4v) is 1.54. The number of hydrogen-bond donors (Lipinski definition) is 2. The average molecular weight is 188 g/mol. The molecule has 2 rings (SSSR count). The standard InChI is InChI=1S/C11H12N2O/c1-12-11(14)6-8-7-13-10-5-3-2-4-9(8)10/h2-5,7,13H,6H2,1H3,(H,12,14). The normalized spacial score (nSPS) is 10.4. The summed E-state index contributed by atoms with van der Waals surface area (Å²) >= 11 is 0. The van der Waals surface area contributed by atoms with Crippen LogP contribution in [0, 0.1) is 0 Å². The Morgan fingerprint density at radius 3 is 3.00 bits per heavy atom. The molecule has 2 aromatic rings. The summed E-state index contributed by atoms with van der Waals surface area (Å²) in [5.41, 5.74) is 2.12. The van der Waals surface area contributed by atoms with E-state index in [1.54, 1.807) is 7.05 Å². The fraction of sp³-hybridized carbons (Fsp3) is 0.182. The van der Waals surface area contributed by atoms with Gasteiger partial charge in [0.2, 0.25) is 5.91 Å². The van der Waals surface area contributed by atoms with Gasteiger partial charge in [-0.2, -0.15) is 0 Å². The molecule has 0 atom stereocenters. The number of rotatable bonds is 2. The molecule has 0 saturated carbocycles. The van der Waals surface area contributed by atoms with Crippen LogP contribution in [0.5, 0.6) is 0 Å². The second-order valence-corrected chi connectivity index (χ2v) is 3.21. The van der Waals surface area contributed by atoms with Crippen molar-refractivity contribution in [2.24, 2.45) is 0 Å². The van der Waals surface area contributed by atoms with E-state index in [1.165, 1.54) is 0 Å². The lowest BCUT2D eigenvalue weighted by Crippen LogP contribution is -2.19. The largest absolute Gasteiger partial charge is 0.361 e. The van der Waals surface area contributed by atoms with Crippen LogP contribution in [0.4, 0.5) is 0 Å². The Morgan fingerprint density at radius 2 is 2.21 bits per heavy atom. The van der Waals surface area contributed by atoms with Crippen molar-refractivity contribution in [3.05, 3.63) is 36.0 Å². The van der Waals surface area contributed by atoms with Gasteiger partial charge in [0.05, 0.1) is 6.42 Å². The van der Waals surface area contributed by atoms with Crippen LogP contribution in [0.2, 0.25) is 0 Å². The van der Waals surface area contributed by atoms with Crippen LogP contribution in [-0.4, -0.2) is 17.9 Å². The second kappa shape index (κ2) is 3.54. The smallest absolute Gasteiger partial charge is 0.224 e. The number of hydrogen-bond acceptors (Lipinski definition) is 1. The lowest BCUT2D eigenvalue weighted by molar-refractivity contribution is -0.119. The number of likely N-dealkylation sites (N-methyl/N-ethyl adjacent to an activating group) is 1. The molecule has 3 nitrogen and oxygen atoms in total. The van der Waals surface area contributed by atoms with Crippen LogP contribution in [0.15, 0.2) is 30.5 Å². The lowest BCUT2D eigenvalue weighted by atomic mass is 10.1. The quantitative estimate of drug-likeness (QED) is 0.736. The minimum Gasteiger partial charge on any atom is -0.361 e. The van der Waals surface area contributed by atoms with Crippen molar-refractivity contribution in [2.45, 2.75) is 6.42 Å². The second-order valence-electron chi connectivity index (χ2n) is 3.21. The Morgan fingerprint density at radius 1 is 1.43 bits per heavy atom. The zero-order chi connectivity index (χ0) is 9.97. The summed E-state index contributed by atoms with van der Waals surface area (Å²) in [7, 11) is 1.65. The monoisotopic (exact) mass is 188 g/mol. The molecule has 2 N–H and O–H groups in total. The molecule has 1 amide bonds. The maximum atomic E-state index is 11.2. The highest BCUT2D eigenvalue weighted by molar-refractivity contribution is 5.88. The van der Waals surface area contributed by atoms with E-state index in [1.807, 2.05) is 30.5 Å². The molecule has 72 valence electrons. The van der Waals surface area contributed by atoms with Gasteiger partial charge in [0.25, 0.3) is 0 Å². The van der Waals surface area contributed by atoms with Gasteiger partial charge in [-0.1, -0.05) is 18.2 Å². The summed E-state index contributed by atoms with van der Waals surface area (Å²) in [6.45, 7) is 0. The van der Waals surface area contributed by atoms with Gasteiger partial charge in [-0.25, -0.2) is 0 Å². The van der Waals surface area contributed by atoms with Crippen molar-refractivity contribution in [3.63, 3.8) is 0 Å². The molecule has 0 fully saturated rings. The number of benzene rings is 1. The molecule has 0 aliphatic rings. The van der Waals surface area contributed by atoms with Crippen molar-refractivity contribution in [1.82, 2.24) is 10.3 Å². The molecule has 0 radical (unpaired) electrons. The van der Waals surface area contributed by atoms with E-state index in [9.17, 15) is 4.79 Å². The maximum Gasteiger partial charge on any atom is 0.224 e. The van der Waals surface area contributed by atoms with Gasteiger partial charge in [-0.15, -0.1) is 0 Å². The number of carbonyl (C=O) groups is 1. The first-order valence-corrected chi connectivity index (χ1v) is 4.57. The molecule has 0 bridgehead atoms. The summed E-state index contributed by atoms with van der Waals surface area (Å²) in [6, 6.07) is 7.97. The lowest BCUT2D eigenvalue weighted by Gasteiger charge is -1.97. The number of amides is 1. The zero-order valence-corrected chi connectivity index (χ0v) is 8.00. The van der Waals surface area contributed by atoms with Crippen molar-refractivity contribution < 1.29 is 4.79 Å². The third-order valence-corrected chi connectivity index (χ3v) is 2.30. The average Bonchev–Trinajstić information content (AvgIpc) is 2.62. The Labute approximate surface area is 82.1 Å². The SMILES string of the molecule is CNC(=O)Cc1c[nH]c2ccccc12. The minimum absolute atomic E-state index is 0.0368. The highest BCUT2D eigenvalue weighted by Gasteiger charge is 2.06. The van der Waals surface area contributed by atoms with Gasteiger partial charge in [-0.05, 0) is 11.6 Å². The number of H-pyrrole nitrogens is 1. The summed E-state index contributed by atoms with van der Waals surface area (Å²) in [5, 5.41) is 3.74. The minimum atomic E-state index is 0.0368. The predicted octanol–water partition coefficient (Wildman–Crippen LogP) is 1.46. The van der Waals surface area contributed by atoms with E-state index in [-0.39, 0.29) is 5.91 Å². The molecule has 0 aliphatic heterocycles. The van der Waals surface area contributed by atoms with E-state index in [2.05, 4.69) is 10.3 Å². The van der Waals surface area contributed by atoms with E-state index < -0.39 is 0 Å². The molecule has 0 aliphatic carbocycles. The number of carbonyl (C=O) groups excluding carboxylic acids is 1. The molecule has 14 heavy (non-hydrogen) atoms. The van der Waals surface area contributed by atoms with Crippen LogP contribution in [0.1, 0.15) is 5.56 Å². The van der Waals surface area contributed by atoms with Gasteiger partial charge in [0, 0.05) is 24.1 Å². The van der Waals surface area contributed by atoms with Crippen molar-refractivity contribution >= 4 is 16.8 Å². The Bertz CT molecular complexity index is 459. The highest BCUT2D eigenvalue weighted by Crippen LogP contribution is 2.17. The number of aromatic nitrogens is 1. The molecule has 0 saturated heterocycles. The van der Waals surface area contributed by atoms with Crippen molar-refractivity contribution in [3.8, 4) is 0 Å². The molecule has 0 unspecified atom stereocenters. The van der Waals surface area contributed by atoms with E-state index >= 15 is 0 Å². The van der Waals surface area contributed by atoms with Crippen molar-refractivity contribution in [2.75, 3.05) is 7.05 Å². The fourth-order valence-electron chi connectivity index (χ4n) is 1.54. The Balaban J connectivity index is 2.38. The van der Waals surface area contributed by atoms with Gasteiger partial charge >= 0.3 is 0 Å². The van der Waals surface area contributed by atoms with Gasteiger partial charge < -0.3 is 10.3 Å². The molecule has 3 heteroatoms. The van der Waals surface area contributed by atoms with Gasteiger partial charge in [-0.3, -0.25) is 4.79 Å². The summed E-state index contributed by atoms with van der Waals surface area (Å²) in [4.78, 5) is 14.3. The Hall–Kier alpha value is -1.77. The first-order chi connectivity index (χ1) is 6.81. The number of aromatic amines is 1. The highest BCUT2D eigenvalue weighted by atomic mass is 16.1. The first-order valence-electron chi connectivity index (χ1n) is 4.57. The van der Waals surface area contributed by atoms with Crippen LogP contribution in [0.3, 0.4) is 0 Å². The Kier molecular flexibility index (Phi) is 2.23. The molecule has 1 heterocycles.